The normalized spacial score (nSPS) is 16.6. The number of hydrogen-bond donors (Lipinski definition) is 6. The molecule has 40 heavy (non-hydrogen) atoms. The predicted octanol–water partition coefficient (Wildman–Crippen LogP) is 3.73. The number of nitrogens with one attached hydrogen (secondary N) is 6. The number of unbranched alkanes of at least 4 members (excludes halogenated alkanes) is 2. The summed E-state index contributed by atoms with van der Waals surface area (Å²) in [7, 11) is 0. The van der Waals surface area contributed by atoms with Crippen molar-refractivity contribution < 1.29 is 9.59 Å². The first-order chi connectivity index (χ1) is 19.7. The van der Waals surface area contributed by atoms with Gasteiger partial charge in [0.2, 0.25) is 0 Å². The minimum atomic E-state index is -0.0851. The minimum Gasteiger partial charge on any atom is -0.352 e. The molecular weight excluding hydrogens is 500 g/mol. The standard InChI is InChI=1S/C32H56N6O2/c39-31(37-21-9-7-19-33-23-25-35-29-11-3-1-4-12-29)27-15-17-28(18-16-27)32(40)38-22-10-8-20-34-24-26-36-30-13-5-2-6-14-30/h15-18,29-30,33-36H,1-14,19-26H2,(H,37,39)(H,38,40). The lowest BCUT2D eigenvalue weighted by molar-refractivity contribution is 0.0941. The van der Waals surface area contributed by atoms with E-state index < -0.39 is 0 Å². The van der Waals surface area contributed by atoms with Gasteiger partial charge in [0, 0.05) is 62.5 Å². The Hall–Kier alpha value is -2.00. The van der Waals surface area contributed by atoms with Gasteiger partial charge in [0.1, 0.15) is 0 Å². The SMILES string of the molecule is O=C(NCCCCNCCNC1CCCCC1)c1ccc(C(=O)NCCCCNCCNC2CCCCC2)cc1. The number of rotatable bonds is 20. The van der Waals surface area contributed by atoms with E-state index in [-0.39, 0.29) is 11.8 Å². The zero-order valence-corrected chi connectivity index (χ0v) is 24.8. The van der Waals surface area contributed by atoms with E-state index in [1.807, 2.05) is 0 Å². The maximum absolute atomic E-state index is 12.4. The van der Waals surface area contributed by atoms with Gasteiger partial charge >= 0.3 is 0 Å². The quantitative estimate of drug-likeness (QED) is 0.137. The lowest BCUT2D eigenvalue weighted by Gasteiger charge is -2.22. The first-order valence-corrected chi connectivity index (χ1v) is 16.3. The van der Waals surface area contributed by atoms with Crippen molar-refractivity contribution in [3.05, 3.63) is 35.4 Å². The van der Waals surface area contributed by atoms with E-state index in [0.717, 1.165) is 77.0 Å². The highest BCUT2D eigenvalue weighted by Gasteiger charge is 2.13. The predicted molar refractivity (Wildman–Crippen MR) is 165 cm³/mol. The molecule has 0 heterocycles. The summed E-state index contributed by atoms with van der Waals surface area (Å²) in [5, 5.41) is 20.2. The average molecular weight is 557 g/mol. The van der Waals surface area contributed by atoms with Gasteiger partial charge in [0.25, 0.3) is 11.8 Å². The molecule has 8 nitrogen and oxygen atoms in total. The Balaban J connectivity index is 1.13. The van der Waals surface area contributed by atoms with Crippen LogP contribution in [0.25, 0.3) is 0 Å². The average Bonchev–Trinajstić information content (AvgIpc) is 3.00. The molecule has 3 rings (SSSR count). The monoisotopic (exact) mass is 556 g/mol. The van der Waals surface area contributed by atoms with Crippen LogP contribution in [0, 0.1) is 0 Å². The summed E-state index contributed by atoms with van der Waals surface area (Å²) in [6.45, 7) is 7.33. The van der Waals surface area contributed by atoms with Gasteiger partial charge in [-0.2, -0.15) is 0 Å². The maximum atomic E-state index is 12.4. The van der Waals surface area contributed by atoms with Crippen LogP contribution in [0.2, 0.25) is 0 Å². The van der Waals surface area contributed by atoms with Gasteiger partial charge in [-0.25, -0.2) is 0 Å². The minimum absolute atomic E-state index is 0.0851. The third-order valence-corrected chi connectivity index (χ3v) is 8.22. The first-order valence-electron chi connectivity index (χ1n) is 16.3. The number of carbonyl (C=O) groups is 2. The molecule has 1 aromatic rings. The van der Waals surface area contributed by atoms with Crippen LogP contribution in [0.4, 0.5) is 0 Å². The highest BCUT2D eigenvalue weighted by Crippen LogP contribution is 2.17. The Morgan fingerprint density at radius 2 is 0.875 bits per heavy atom. The molecule has 1 aromatic carbocycles. The third-order valence-electron chi connectivity index (χ3n) is 8.22. The molecule has 0 unspecified atom stereocenters. The van der Waals surface area contributed by atoms with Crippen molar-refractivity contribution in [1.29, 1.82) is 0 Å². The number of amides is 2. The summed E-state index contributed by atoms with van der Waals surface area (Å²) in [5.74, 6) is -0.170. The largest absolute Gasteiger partial charge is 0.352 e. The lowest BCUT2D eigenvalue weighted by Crippen LogP contribution is -2.36. The topological polar surface area (TPSA) is 106 Å². The lowest BCUT2D eigenvalue weighted by atomic mass is 9.95. The van der Waals surface area contributed by atoms with E-state index in [2.05, 4.69) is 31.9 Å². The number of hydrogen-bond acceptors (Lipinski definition) is 6. The molecule has 2 amide bonds. The van der Waals surface area contributed by atoms with E-state index in [4.69, 9.17) is 0 Å². The third kappa shape index (κ3) is 14.1. The second kappa shape index (κ2) is 20.8. The molecular formula is C32H56N6O2. The van der Waals surface area contributed by atoms with E-state index in [1.165, 1.54) is 64.2 Å². The maximum Gasteiger partial charge on any atom is 0.251 e. The van der Waals surface area contributed by atoms with Crippen LogP contribution in [0.1, 0.15) is 111 Å². The van der Waals surface area contributed by atoms with Crippen molar-refractivity contribution in [2.75, 3.05) is 52.4 Å². The highest BCUT2D eigenvalue weighted by molar-refractivity contribution is 5.97. The van der Waals surface area contributed by atoms with Crippen molar-refractivity contribution in [3.63, 3.8) is 0 Å². The van der Waals surface area contributed by atoms with Gasteiger partial charge in [-0.3, -0.25) is 9.59 Å². The molecule has 226 valence electrons. The number of carbonyl (C=O) groups excluding carboxylic acids is 2. The Kier molecular flexibility index (Phi) is 16.9. The van der Waals surface area contributed by atoms with Crippen LogP contribution >= 0.6 is 0 Å². The molecule has 2 aliphatic rings. The highest BCUT2D eigenvalue weighted by atomic mass is 16.2. The van der Waals surface area contributed by atoms with Crippen LogP contribution in [-0.2, 0) is 0 Å². The van der Waals surface area contributed by atoms with Crippen molar-refractivity contribution in [2.45, 2.75) is 102 Å². The molecule has 6 N–H and O–H groups in total. The van der Waals surface area contributed by atoms with Gasteiger partial charge in [-0.05, 0) is 88.7 Å². The summed E-state index contributed by atoms with van der Waals surface area (Å²) < 4.78 is 0. The van der Waals surface area contributed by atoms with Crippen LogP contribution in [0.15, 0.2) is 24.3 Å². The molecule has 8 heteroatoms. The fourth-order valence-electron chi connectivity index (χ4n) is 5.72. The Labute approximate surface area is 243 Å². The summed E-state index contributed by atoms with van der Waals surface area (Å²) in [6.07, 6.45) is 17.5. The van der Waals surface area contributed by atoms with E-state index in [1.54, 1.807) is 24.3 Å². The van der Waals surface area contributed by atoms with Gasteiger partial charge in [-0.1, -0.05) is 38.5 Å². The molecule has 0 aromatic heterocycles. The molecule has 0 saturated heterocycles. The van der Waals surface area contributed by atoms with Gasteiger partial charge < -0.3 is 31.9 Å². The van der Waals surface area contributed by atoms with E-state index >= 15 is 0 Å². The molecule has 0 radical (unpaired) electrons. The molecule has 2 saturated carbocycles. The summed E-state index contributed by atoms with van der Waals surface area (Å²) in [4.78, 5) is 24.8. The van der Waals surface area contributed by atoms with Crippen molar-refractivity contribution in [3.8, 4) is 0 Å². The van der Waals surface area contributed by atoms with E-state index in [9.17, 15) is 9.59 Å². The second-order valence-electron chi connectivity index (χ2n) is 11.6. The van der Waals surface area contributed by atoms with Crippen LogP contribution in [0.5, 0.6) is 0 Å². The second-order valence-corrected chi connectivity index (χ2v) is 11.6. The molecule has 0 aliphatic heterocycles. The van der Waals surface area contributed by atoms with Gasteiger partial charge in [0.05, 0.1) is 0 Å². The fraction of sp³-hybridized carbons (Fsp3) is 0.750. The van der Waals surface area contributed by atoms with Crippen molar-refractivity contribution in [1.82, 2.24) is 31.9 Å². The Morgan fingerprint density at radius 1 is 0.500 bits per heavy atom. The van der Waals surface area contributed by atoms with Crippen LogP contribution < -0.4 is 31.9 Å². The fourth-order valence-corrected chi connectivity index (χ4v) is 5.72. The summed E-state index contributed by atoms with van der Waals surface area (Å²) in [5.41, 5.74) is 1.18. The molecule has 0 bridgehead atoms. The van der Waals surface area contributed by atoms with Crippen molar-refractivity contribution >= 4 is 11.8 Å². The molecule has 2 fully saturated rings. The first kappa shape index (κ1) is 32.5. The van der Waals surface area contributed by atoms with Crippen LogP contribution in [0.3, 0.4) is 0 Å². The molecule has 2 aliphatic carbocycles. The number of benzene rings is 1. The zero-order valence-electron chi connectivity index (χ0n) is 24.8. The molecule has 0 atom stereocenters. The van der Waals surface area contributed by atoms with Crippen molar-refractivity contribution in [2.24, 2.45) is 0 Å². The van der Waals surface area contributed by atoms with E-state index in [0.29, 0.717) is 24.2 Å². The Bertz CT molecular complexity index is 739. The zero-order chi connectivity index (χ0) is 28.1. The van der Waals surface area contributed by atoms with Crippen LogP contribution in [-0.4, -0.2) is 76.3 Å². The summed E-state index contributed by atoms with van der Waals surface area (Å²) >= 11 is 0. The van der Waals surface area contributed by atoms with Gasteiger partial charge in [-0.15, -0.1) is 0 Å². The summed E-state index contributed by atoms with van der Waals surface area (Å²) in [6, 6.07) is 8.37. The van der Waals surface area contributed by atoms with Gasteiger partial charge in [0.15, 0.2) is 0 Å². The molecule has 0 spiro atoms. The Morgan fingerprint density at radius 3 is 1.27 bits per heavy atom. The smallest absolute Gasteiger partial charge is 0.251 e.